The number of carbonyl (C=O) groups is 2. The zero-order chi connectivity index (χ0) is 20.8. The van der Waals surface area contributed by atoms with E-state index in [0.717, 1.165) is 44.3 Å². The van der Waals surface area contributed by atoms with Crippen molar-refractivity contribution in [2.45, 2.75) is 78.2 Å². The summed E-state index contributed by atoms with van der Waals surface area (Å²) in [6.07, 6.45) is 6.24. The van der Waals surface area contributed by atoms with Crippen molar-refractivity contribution in [3.63, 3.8) is 0 Å². The van der Waals surface area contributed by atoms with Crippen LogP contribution in [0.1, 0.15) is 76.8 Å². The van der Waals surface area contributed by atoms with Crippen LogP contribution in [-0.2, 0) is 20.7 Å². The number of aryl methyl sites for hydroxylation is 1. The van der Waals surface area contributed by atoms with E-state index in [2.05, 4.69) is 13.0 Å². The van der Waals surface area contributed by atoms with E-state index < -0.39 is 0 Å². The minimum atomic E-state index is -0.292. The van der Waals surface area contributed by atoms with Crippen molar-refractivity contribution < 1.29 is 23.8 Å². The summed E-state index contributed by atoms with van der Waals surface area (Å²) in [6, 6.07) is 4.02. The Morgan fingerprint density at radius 2 is 1.90 bits per heavy atom. The van der Waals surface area contributed by atoms with Gasteiger partial charge in [0.05, 0.1) is 6.61 Å². The highest BCUT2D eigenvalue weighted by Crippen LogP contribution is 2.62. The van der Waals surface area contributed by atoms with Gasteiger partial charge in [0.15, 0.2) is 0 Å². The molecule has 0 heterocycles. The van der Waals surface area contributed by atoms with Gasteiger partial charge in [-0.3, -0.25) is 9.59 Å². The monoisotopic (exact) mass is 400 g/mol. The molecule has 0 aromatic heterocycles. The first-order chi connectivity index (χ1) is 13.8. The van der Waals surface area contributed by atoms with E-state index in [-0.39, 0.29) is 23.5 Å². The van der Waals surface area contributed by atoms with Crippen LogP contribution in [0.2, 0.25) is 0 Å². The number of hydrogen-bond donors (Lipinski definition) is 0. The van der Waals surface area contributed by atoms with Gasteiger partial charge in [-0.25, -0.2) is 0 Å². The smallest absolute Gasteiger partial charge is 0.308 e. The summed E-state index contributed by atoms with van der Waals surface area (Å²) in [4.78, 5) is 23.4. The molecule has 1 aromatic rings. The zero-order valence-corrected chi connectivity index (χ0v) is 18.0. The van der Waals surface area contributed by atoms with E-state index in [4.69, 9.17) is 14.2 Å². The Balaban J connectivity index is 1.68. The quantitative estimate of drug-likeness (QED) is 0.537. The van der Waals surface area contributed by atoms with Crippen molar-refractivity contribution in [1.82, 2.24) is 0 Å². The van der Waals surface area contributed by atoms with Gasteiger partial charge in [0.1, 0.15) is 17.6 Å². The van der Waals surface area contributed by atoms with Crippen LogP contribution >= 0.6 is 0 Å². The van der Waals surface area contributed by atoms with Crippen LogP contribution in [-0.4, -0.2) is 24.6 Å². The summed E-state index contributed by atoms with van der Waals surface area (Å²) in [5, 5.41) is 0. The van der Waals surface area contributed by atoms with Crippen LogP contribution in [0, 0.1) is 17.3 Å². The second-order valence-corrected chi connectivity index (χ2v) is 9.16. The molecule has 0 spiro atoms. The Labute approximate surface area is 173 Å². The van der Waals surface area contributed by atoms with Crippen LogP contribution in [0.25, 0.3) is 0 Å². The molecule has 0 saturated heterocycles. The highest BCUT2D eigenvalue weighted by atomic mass is 16.5. The topological polar surface area (TPSA) is 61.8 Å². The number of rotatable bonds is 4. The van der Waals surface area contributed by atoms with Crippen LogP contribution in [0.15, 0.2) is 12.1 Å². The third-order valence-corrected chi connectivity index (χ3v) is 7.54. The molecule has 0 aliphatic heterocycles. The second-order valence-electron chi connectivity index (χ2n) is 9.16. The maximum Gasteiger partial charge on any atom is 0.308 e. The zero-order valence-electron chi connectivity index (χ0n) is 18.0. The number of fused-ring (bicyclic) bond motifs is 5. The van der Waals surface area contributed by atoms with Gasteiger partial charge in [-0.15, -0.1) is 0 Å². The normalized spacial score (nSPS) is 32.6. The molecule has 158 valence electrons. The molecular weight excluding hydrogens is 368 g/mol. The minimum Gasteiger partial charge on any atom is -0.494 e. The summed E-state index contributed by atoms with van der Waals surface area (Å²) < 4.78 is 17.1. The van der Waals surface area contributed by atoms with Crippen molar-refractivity contribution >= 4 is 11.9 Å². The molecule has 0 N–H and O–H groups in total. The molecule has 0 unspecified atom stereocenters. The predicted molar refractivity (Wildman–Crippen MR) is 109 cm³/mol. The Morgan fingerprint density at radius 3 is 2.59 bits per heavy atom. The number of benzene rings is 1. The van der Waals surface area contributed by atoms with Gasteiger partial charge in [-0.2, -0.15) is 0 Å². The fourth-order valence-electron chi connectivity index (χ4n) is 6.49. The molecule has 3 aliphatic carbocycles. The molecule has 4 rings (SSSR count). The van der Waals surface area contributed by atoms with Crippen molar-refractivity contribution in [3.8, 4) is 11.5 Å². The number of hydrogen-bond acceptors (Lipinski definition) is 5. The molecule has 5 atom stereocenters. The van der Waals surface area contributed by atoms with Crippen LogP contribution in [0.5, 0.6) is 11.5 Å². The van der Waals surface area contributed by atoms with E-state index >= 15 is 0 Å². The highest BCUT2D eigenvalue weighted by Gasteiger charge is 2.56. The summed E-state index contributed by atoms with van der Waals surface area (Å²) in [5.74, 6) is 2.44. The fourth-order valence-corrected chi connectivity index (χ4v) is 6.49. The molecule has 0 bridgehead atoms. The molecule has 3 aliphatic rings. The standard InChI is InChI=1S/C24H32O5/c1-5-27-17-12-16-6-7-18-19(23(16)21(13-17)28-14(2)25)10-11-24(4)20(18)8-9-22(24)29-15(3)26/h12-13,18-20,22H,5-11H2,1-4H3/t18-,19+,20+,22+,24+/m1/s1. The fraction of sp³-hybridized carbons (Fsp3) is 0.667. The van der Waals surface area contributed by atoms with Gasteiger partial charge in [0.25, 0.3) is 0 Å². The lowest BCUT2D eigenvalue weighted by Gasteiger charge is -2.50. The molecular formula is C24H32O5. The van der Waals surface area contributed by atoms with Gasteiger partial charge < -0.3 is 14.2 Å². The number of esters is 2. The average molecular weight is 401 g/mol. The lowest BCUT2D eigenvalue weighted by atomic mass is 9.55. The summed E-state index contributed by atoms with van der Waals surface area (Å²) in [6.45, 7) is 7.83. The van der Waals surface area contributed by atoms with Crippen LogP contribution in [0.3, 0.4) is 0 Å². The average Bonchev–Trinajstić information content (AvgIpc) is 2.97. The molecule has 2 saturated carbocycles. The molecule has 29 heavy (non-hydrogen) atoms. The van der Waals surface area contributed by atoms with E-state index in [9.17, 15) is 9.59 Å². The highest BCUT2D eigenvalue weighted by molar-refractivity contribution is 5.71. The van der Waals surface area contributed by atoms with Crippen molar-refractivity contribution in [2.24, 2.45) is 17.3 Å². The Morgan fingerprint density at radius 1 is 1.10 bits per heavy atom. The van der Waals surface area contributed by atoms with E-state index in [1.165, 1.54) is 25.0 Å². The summed E-state index contributed by atoms with van der Waals surface area (Å²) in [5.41, 5.74) is 2.52. The van der Waals surface area contributed by atoms with Gasteiger partial charge >= 0.3 is 11.9 Å². The van der Waals surface area contributed by atoms with Crippen LogP contribution in [0.4, 0.5) is 0 Å². The molecule has 5 heteroatoms. The number of ether oxygens (including phenoxy) is 3. The molecule has 0 radical (unpaired) electrons. The van der Waals surface area contributed by atoms with Crippen molar-refractivity contribution in [2.75, 3.05) is 6.61 Å². The second kappa shape index (κ2) is 7.66. The largest absolute Gasteiger partial charge is 0.494 e. The maximum atomic E-state index is 11.8. The molecule has 5 nitrogen and oxygen atoms in total. The van der Waals surface area contributed by atoms with E-state index in [1.54, 1.807) is 0 Å². The first-order valence-electron chi connectivity index (χ1n) is 11.0. The first kappa shape index (κ1) is 20.2. The summed E-state index contributed by atoms with van der Waals surface area (Å²) in [7, 11) is 0. The molecule has 2 fully saturated rings. The molecule has 0 amide bonds. The Kier molecular flexibility index (Phi) is 5.34. The first-order valence-corrected chi connectivity index (χ1v) is 11.0. The Hall–Kier alpha value is -2.04. The third kappa shape index (κ3) is 3.53. The van der Waals surface area contributed by atoms with Gasteiger partial charge in [0, 0.05) is 30.9 Å². The van der Waals surface area contributed by atoms with Crippen LogP contribution < -0.4 is 9.47 Å². The van der Waals surface area contributed by atoms with Gasteiger partial charge in [0.2, 0.25) is 0 Å². The minimum absolute atomic E-state index is 0.0283. The lowest BCUT2D eigenvalue weighted by Crippen LogP contribution is -2.45. The van der Waals surface area contributed by atoms with Crippen molar-refractivity contribution in [3.05, 3.63) is 23.3 Å². The third-order valence-electron chi connectivity index (χ3n) is 7.54. The van der Waals surface area contributed by atoms with Crippen molar-refractivity contribution in [1.29, 1.82) is 0 Å². The SMILES string of the molecule is CCOc1cc2c(c(OC(C)=O)c1)[C@H]1CC[C@]3(C)[C@@H](OC(C)=O)CC[C@H]3[C@@H]1CC2. The predicted octanol–water partition coefficient (Wildman–Crippen LogP) is 4.80. The maximum absolute atomic E-state index is 11.8. The van der Waals surface area contributed by atoms with E-state index in [1.807, 2.05) is 13.0 Å². The Bertz CT molecular complexity index is 816. The lowest BCUT2D eigenvalue weighted by molar-refractivity contribution is -0.154. The summed E-state index contributed by atoms with van der Waals surface area (Å²) >= 11 is 0. The van der Waals surface area contributed by atoms with E-state index in [0.29, 0.717) is 30.1 Å². The molecule has 1 aromatic carbocycles. The number of carbonyl (C=O) groups excluding carboxylic acids is 2. The van der Waals surface area contributed by atoms with Gasteiger partial charge in [-0.1, -0.05) is 6.92 Å². The van der Waals surface area contributed by atoms with Gasteiger partial charge in [-0.05, 0) is 74.8 Å².